The number of likely N-dealkylation sites (N-methyl/N-ethyl adjacent to an activating group) is 1. The molecule has 21 heavy (non-hydrogen) atoms. The molecule has 1 aliphatic rings. The van der Waals surface area contributed by atoms with E-state index in [1.165, 1.54) is 51.5 Å². The van der Waals surface area contributed by atoms with Gasteiger partial charge in [-0.15, -0.1) is 0 Å². The zero-order valence-corrected chi connectivity index (χ0v) is 14.2. The summed E-state index contributed by atoms with van der Waals surface area (Å²) < 4.78 is 0. The molecule has 0 aliphatic carbocycles. The summed E-state index contributed by atoms with van der Waals surface area (Å²) >= 11 is 0. The minimum atomic E-state index is -0.697. The molecule has 1 saturated heterocycles. The van der Waals surface area contributed by atoms with Gasteiger partial charge in [0.05, 0.1) is 6.42 Å². The number of carboxylic acids is 1. The molecule has 1 rings (SSSR count). The number of likely N-dealkylation sites (tertiary alicyclic amines) is 1. The van der Waals surface area contributed by atoms with Crippen molar-refractivity contribution in [2.75, 3.05) is 26.7 Å². The summed E-state index contributed by atoms with van der Waals surface area (Å²) in [7, 11) is 2.06. The van der Waals surface area contributed by atoms with E-state index in [0.29, 0.717) is 12.6 Å². The highest BCUT2D eigenvalue weighted by Gasteiger charge is 2.30. The summed E-state index contributed by atoms with van der Waals surface area (Å²) in [5, 5.41) is 8.79. The van der Waals surface area contributed by atoms with Crippen molar-refractivity contribution in [2.45, 2.75) is 77.3 Å². The van der Waals surface area contributed by atoms with E-state index >= 15 is 0 Å². The maximum atomic E-state index is 10.7. The van der Waals surface area contributed by atoms with Gasteiger partial charge in [-0.3, -0.25) is 9.69 Å². The predicted octanol–water partition coefficient (Wildman–Crippen LogP) is 3.22. The van der Waals surface area contributed by atoms with Crippen molar-refractivity contribution in [3.05, 3.63) is 0 Å². The number of unbranched alkanes of at least 4 members (excludes halogenated alkanes) is 1. The number of aliphatic carboxylic acids is 1. The van der Waals surface area contributed by atoms with Crippen LogP contribution in [0.4, 0.5) is 0 Å². The predicted molar refractivity (Wildman–Crippen MR) is 87.7 cm³/mol. The third-order valence-electron chi connectivity index (χ3n) is 4.63. The number of hydrogen-bond acceptors (Lipinski definition) is 3. The van der Waals surface area contributed by atoms with E-state index < -0.39 is 5.97 Å². The molecule has 4 nitrogen and oxygen atoms in total. The van der Waals surface area contributed by atoms with Crippen molar-refractivity contribution in [3.63, 3.8) is 0 Å². The molecule has 0 spiro atoms. The molecule has 1 unspecified atom stereocenters. The van der Waals surface area contributed by atoms with Gasteiger partial charge < -0.3 is 10.0 Å². The Balaban J connectivity index is 2.49. The molecule has 2 atom stereocenters. The minimum Gasteiger partial charge on any atom is -0.481 e. The van der Waals surface area contributed by atoms with Crippen LogP contribution in [0.15, 0.2) is 0 Å². The molecule has 0 bridgehead atoms. The van der Waals surface area contributed by atoms with Gasteiger partial charge in [0, 0.05) is 25.2 Å². The highest BCUT2D eigenvalue weighted by molar-refractivity contribution is 5.66. The van der Waals surface area contributed by atoms with Gasteiger partial charge in [-0.05, 0) is 39.3 Å². The first-order valence-corrected chi connectivity index (χ1v) is 8.74. The molecule has 1 aliphatic heterocycles. The summed E-state index contributed by atoms with van der Waals surface area (Å²) in [4.78, 5) is 15.6. The van der Waals surface area contributed by atoms with Crippen LogP contribution in [0.5, 0.6) is 0 Å². The molecule has 0 aromatic heterocycles. The zero-order valence-electron chi connectivity index (χ0n) is 14.2. The molecule has 1 N–H and O–H groups in total. The van der Waals surface area contributed by atoms with Gasteiger partial charge in [0.2, 0.25) is 0 Å². The smallest absolute Gasteiger partial charge is 0.304 e. The summed E-state index contributed by atoms with van der Waals surface area (Å²) in [5.41, 5.74) is 0. The lowest BCUT2D eigenvalue weighted by Gasteiger charge is -2.35. The molecule has 1 heterocycles. The van der Waals surface area contributed by atoms with E-state index in [4.69, 9.17) is 5.11 Å². The number of nitrogens with zero attached hydrogens (tertiary/aromatic N) is 2. The van der Waals surface area contributed by atoms with Crippen LogP contribution in [0.1, 0.15) is 65.2 Å². The van der Waals surface area contributed by atoms with Crippen LogP contribution in [-0.2, 0) is 4.79 Å². The molecule has 124 valence electrons. The lowest BCUT2D eigenvalue weighted by Crippen LogP contribution is -2.44. The van der Waals surface area contributed by atoms with E-state index in [1.54, 1.807) is 0 Å². The lowest BCUT2D eigenvalue weighted by molar-refractivity contribution is -0.137. The molecule has 0 radical (unpaired) electrons. The van der Waals surface area contributed by atoms with E-state index in [9.17, 15) is 4.79 Å². The number of rotatable bonds is 11. The summed E-state index contributed by atoms with van der Waals surface area (Å²) in [5.74, 6) is -0.697. The molecule has 4 heteroatoms. The Bertz CT molecular complexity index is 297. The fourth-order valence-corrected chi connectivity index (χ4v) is 3.52. The third kappa shape index (κ3) is 6.79. The Labute approximate surface area is 130 Å². The van der Waals surface area contributed by atoms with E-state index in [1.807, 2.05) is 0 Å². The van der Waals surface area contributed by atoms with E-state index in [0.717, 1.165) is 12.6 Å². The van der Waals surface area contributed by atoms with Crippen molar-refractivity contribution in [1.82, 2.24) is 9.80 Å². The number of carboxylic acid groups (broad SMARTS) is 1. The van der Waals surface area contributed by atoms with Gasteiger partial charge in [0.1, 0.15) is 0 Å². The van der Waals surface area contributed by atoms with E-state index in [2.05, 4.69) is 30.7 Å². The third-order valence-corrected chi connectivity index (χ3v) is 4.63. The van der Waals surface area contributed by atoms with Gasteiger partial charge in [0.25, 0.3) is 0 Å². The van der Waals surface area contributed by atoms with Crippen LogP contribution >= 0.6 is 0 Å². The van der Waals surface area contributed by atoms with Gasteiger partial charge in [-0.1, -0.05) is 33.1 Å². The van der Waals surface area contributed by atoms with Crippen LogP contribution in [0.3, 0.4) is 0 Å². The minimum absolute atomic E-state index is 0.247. The fourth-order valence-electron chi connectivity index (χ4n) is 3.52. The normalized spacial score (nSPS) is 21.0. The molecule has 0 amide bonds. The van der Waals surface area contributed by atoms with Crippen molar-refractivity contribution < 1.29 is 9.90 Å². The monoisotopic (exact) mass is 298 g/mol. The van der Waals surface area contributed by atoms with Crippen molar-refractivity contribution >= 4 is 5.97 Å². The van der Waals surface area contributed by atoms with Gasteiger partial charge >= 0.3 is 5.97 Å². The summed E-state index contributed by atoms with van der Waals surface area (Å²) in [6.07, 6.45) is 9.28. The first kappa shape index (κ1) is 18.4. The first-order valence-electron chi connectivity index (χ1n) is 8.74. The molecule has 1 fully saturated rings. The quantitative estimate of drug-likeness (QED) is 0.636. The van der Waals surface area contributed by atoms with Gasteiger partial charge in [-0.2, -0.15) is 0 Å². The molecule has 0 aromatic rings. The topological polar surface area (TPSA) is 43.8 Å². The second-order valence-corrected chi connectivity index (χ2v) is 6.52. The van der Waals surface area contributed by atoms with Gasteiger partial charge in [0.15, 0.2) is 0 Å². The average Bonchev–Trinajstić information content (AvgIpc) is 2.89. The SMILES string of the molecule is CCCCC(CCC)N1CCC[C@H]1CN(C)CCC(=O)O. The fraction of sp³-hybridized carbons (Fsp3) is 0.941. The van der Waals surface area contributed by atoms with E-state index in [-0.39, 0.29) is 6.42 Å². The highest BCUT2D eigenvalue weighted by atomic mass is 16.4. The largest absolute Gasteiger partial charge is 0.481 e. The summed E-state index contributed by atoms with van der Waals surface area (Å²) in [6, 6.07) is 1.35. The van der Waals surface area contributed by atoms with Crippen LogP contribution in [0, 0.1) is 0 Å². The van der Waals surface area contributed by atoms with Crippen molar-refractivity contribution in [3.8, 4) is 0 Å². The zero-order chi connectivity index (χ0) is 15.7. The molecule has 0 aromatic carbocycles. The van der Waals surface area contributed by atoms with Crippen LogP contribution in [-0.4, -0.2) is 59.6 Å². The molecular formula is C17H34N2O2. The lowest BCUT2D eigenvalue weighted by atomic mass is 10.0. The number of carbonyl (C=O) groups is 1. The summed E-state index contributed by atoms with van der Waals surface area (Å²) in [6.45, 7) is 7.45. The second-order valence-electron chi connectivity index (χ2n) is 6.52. The highest BCUT2D eigenvalue weighted by Crippen LogP contribution is 2.25. The van der Waals surface area contributed by atoms with Crippen molar-refractivity contribution in [2.24, 2.45) is 0 Å². The van der Waals surface area contributed by atoms with Crippen LogP contribution in [0.25, 0.3) is 0 Å². The Kier molecular flexibility index (Phi) is 8.93. The Hall–Kier alpha value is -0.610. The van der Waals surface area contributed by atoms with Crippen LogP contribution < -0.4 is 0 Å². The first-order chi connectivity index (χ1) is 10.1. The standard InChI is InChI=1S/C17H34N2O2/c1-4-6-9-15(8-5-2)19-12-7-10-16(19)14-18(3)13-11-17(20)21/h15-16H,4-14H2,1-3H3,(H,20,21)/t15?,16-/m0/s1. The maximum absolute atomic E-state index is 10.7. The molecular weight excluding hydrogens is 264 g/mol. The Morgan fingerprint density at radius 2 is 2.10 bits per heavy atom. The Morgan fingerprint density at radius 3 is 2.71 bits per heavy atom. The Morgan fingerprint density at radius 1 is 1.33 bits per heavy atom. The van der Waals surface area contributed by atoms with Crippen LogP contribution in [0.2, 0.25) is 0 Å². The van der Waals surface area contributed by atoms with Crippen molar-refractivity contribution in [1.29, 1.82) is 0 Å². The second kappa shape index (κ2) is 10.2. The molecule has 0 saturated carbocycles. The van der Waals surface area contributed by atoms with Gasteiger partial charge in [-0.25, -0.2) is 0 Å². The maximum Gasteiger partial charge on any atom is 0.304 e. The average molecular weight is 298 g/mol. The number of hydrogen-bond donors (Lipinski definition) is 1.